The van der Waals surface area contributed by atoms with Gasteiger partial charge in [0.2, 0.25) is 0 Å². The van der Waals surface area contributed by atoms with E-state index in [4.69, 9.17) is 9.26 Å². The maximum atomic E-state index is 5.81. The van der Waals surface area contributed by atoms with Crippen LogP contribution in [0.4, 0.5) is 0 Å². The monoisotopic (exact) mass is 400 g/mol. The summed E-state index contributed by atoms with van der Waals surface area (Å²) in [6.45, 7) is 0.514. The Morgan fingerprint density at radius 2 is 1.79 bits per heavy atom. The van der Waals surface area contributed by atoms with Crippen molar-refractivity contribution in [3.05, 3.63) is 90.1 Å². The quantitative estimate of drug-likeness (QED) is 0.403. The number of benzene rings is 2. The summed E-state index contributed by atoms with van der Waals surface area (Å²) in [6.07, 6.45) is 5.97. The van der Waals surface area contributed by atoms with Gasteiger partial charge >= 0.3 is 0 Å². The Balaban J connectivity index is 1.24. The number of hydrogen-bond donors (Lipinski definition) is 0. The van der Waals surface area contributed by atoms with Gasteiger partial charge in [0, 0.05) is 36.0 Å². The van der Waals surface area contributed by atoms with Crippen LogP contribution in [0.5, 0.6) is 5.75 Å². The van der Waals surface area contributed by atoms with Crippen LogP contribution in [0.15, 0.2) is 77.7 Å². The van der Waals surface area contributed by atoms with Crippen LogP contribution < -0.4 is 4.74 Å². The lowest BCUT2D eigenvalue weighted by Crippen LogP contribution is -1.96. The van der Waals surface area contributed by atoms with Crippen LogP contribution in [0.2, 0.25) is 0 Å². The molecular weight excluding hydrogens is 384 g/mol. The third-order valence-electron chi connectivity index (χ3n) is 4.51. The normalized spacial score (nSPS) is 11.0. The third kappa shape index (κ3) is 4.00. The van der Waals surface area contributed by atoms with Crippen molar-refractivity contribution in [3.63, 3.8) is 0 Å². The molecule has 5 rings (SSSR count). The minimum Gasteiger partial charge on any atom is -0.489 e. The smallest absolute Gasteiger partial charge is 0.257 e. The van der Waals surface area contributed by atoms with Crippen LogP contribution in [-0.4, -0.2) is 19.5 Å². The Morgan fingerprint density at radius 3 is 2.66 bits per heavy atom. The molecule has 6 nitrogen and oxygen atoms in total. The number of hydrogen-bond acceptors (Lipinski definition) is 7. The van der Waals surface area contributed by atoms with Crippen molar-refractivity contribution in [2.45, 2.75) is 13.0 Å². The highest BCUT2D eigenvalue weighted by molar-refractivity contribution is 7.13. The van der Waals surface area contributed by atoms with Gasteiger partial charge in [-0.25, -0.2) is 0 Å². The van der Waals surface area contributed by atoms with Gasteiger partial charge in [-0.3, -0.25) is 4.98 Å². The second-order valence-electron chi connectivity index (χ2n) is 6.56. The van der Waals surface area contributed by atoms with E-state index in [9.17, 15) is 0 Å². The van der Waals surface area contributed by atoms with Gasteiger partial charge in [-0.05, 0) is 59.1 Å². The van der Waals surface area contributed by atoms with E-state index >= 15 is 0 Å². The van der Waals surface area contributed by atoms with E-state index in [1.54, 1.807) is 12.4 Å². The summed E-state index contributed by atoms with van der Waals surface area (Å²) in [5.74, 6) is 1.99. The number of nitrogens with zero attached hydrogens (tertiary/aromatic N) is 4. The second kappa shape index (κ2) is 7.81. The molecule has 0 aliphatic carbocycles. The van der Waals surface area contributed by atoms with Gasteiger partial charge in [-0.2, -0.15) is 9.36 Å². The van der Waals surface area contributed by atoms with Crippen LogP contribution in [0.1, 0.15) is 17.0 Å². The van der Waals surface area contributed by atoms with Crippen LogP contribution in [-0.2, 0) is 13.0 Å². The lowest BCUT2D eigenvalue weighted by atomic mass is 10.1. The largest absolute Gasteiger partial charge is 0.489 e. The van der Waals surface area contributed by atoms with E-state index in [-0.39, 0.29) is 0 Å². The number of pyridine rings is 1. The zero-order valence-corrected chi connectivity index (χ0v) is 16.2. The highest BCUT2D eigenvalue weighted by Gasteiger charge is 2.11. The Bertz CT molecular complexity index is 1230. The van der Waals surface area contributed by atoms with Crippen LogP contribution in [0.3, 0.4) is 0 Å². The minimum atomic E-state index is 0.514. The predicted molar refractivity (Wildman–Crippen MR) is 111 cm³/mol. The predicted octanol–water partition coefficient (Wildman–Crippen LogP) is 4.91. The number of ether oxygens (including phenoxy) is 1. The van der Waals surface area contributed by atoms with Gasteiger partial charge in [0.05, 0.1) is 4.70 Å². The summed E-state index contributed by atoms with van der Waals surface area (Å²) in [5, 5.41) is 5.23. The third-order valence-corrected chi connectivity index (χ3v) is 5.27. The molecule has 0 amide bonds. The molecule has 0 fully saturated rings. The summed E-state index contributed by atoms with van der Waals surface area (Å²) in [5.41, 5.74) is 3.08. The van der Waals surface area contributed by atoms with Gasteiger partial charge in [0.1, 0.15) is 12.4 Å². The van der Waals surface area contributed by atoms with E-state index in [1.807, 2.05) is 60.8 Å². The van der Waals surface area contributed by atoms with Crippen molar-refractivity contribution < 1.29 is 9.26 Å². The first-order valence-corrected chi connectivity index (χ1v) is 9.89. The molecule has 5 aromatic rings. The van der Waals surface area contributed by atoms with Crippen molar-refractivity contribution in [1.82, 2.24) is 19.5 Å². The van der Waals surface area contributed by atoms with E-state index < -0.39 is 0 Å². The standard InChI is InChI=1S/C22H16N4O2S/c1-5-19(27-14-16-7-9-23-10-8-16)6-2-15(1)11-21-25-22(28-26-21)17-3-4-18-13-24-29-20(18)12-17/h1-10,12-13H,11,14H2. The van der Waals surface area contributed by atoms with Crippen LogP contribution in [0, 0.1) is 0 Å². The Labute approximate surface area is 171 Å². The fraction of sp³-hybridized carbons (Fsp3) is 0.0909. The highest BCUT2D eigenvalue weighted by atomic mass is 32.1. The lowest BCUT2D eigenvalue weighted by molar-refractivity contribution is 0.306. The van der Waals surface area contributed by atoms with Crippen molar-refractivity contribution in [3.8, 4) is 17.2 Å². The summed E-state index contributed by atoms with van der Waals surface area (Å²) >= 11 is 1.45. The number of fused-ring (bicyclic) bond motifs is 1. The molecule has 3 aromatic heterocycles. The molecule has 0 aliphatic heterocycles. The molecule has 0 aliphatic rings. The van der Waals surface area contributed by atoms with E-state index in [1.165, 1.54) is 11.5 Å². The Hall–Kier alpha value is -3.58. The molecule has 0 radical (unpaired) electrons. The molecule has 0 N–H and O–H groups in total. The zero-order valence-electron chi connectivity index (χ0n) is 15.4. The van der Waals surface area contributed by atoms with E-state index in [0.717, 1.165) is 32.5 Å². The molecule has 0 saturated carbocycles. The molecule has 2 aromatic carbocycles. The number of aromatic nitrogens is 4. The molecule has 3 heterocycles. The summed E-state index contributed by atoms with van der Waals surface area (Å²) in [4.78, 5) is 8.54. The molecule has 142 valence electrons. The van der Waals surface area contributed by atoms with Gasteiger partial charge in [0.15, 0.2) is 5.82 Å². The highest BCUT2D eigenvalue weighted by Crippen LogP contribution is 2.26. The Kier molecular flexibility index (Phi) is 4.72. The zero-order chi connectivity index (χ0) is 19.5. The second-order valence-corrected chi connectivity index (χ2v) is 7.39. The first-order chi connectivity index (χ1) is 14.3. The first kappa shape index (κ1) is 17.5. The van der Waals surface area contributed by atoms with Gasteiger partial charge in [0.25, 0.3) is 5.89 Å². The fourth-order valence-electron chi connectivity index (χ4n) is 2.97. The molecule has 0 spiro atoms. The fourth-order valence-corrected chi connectivity index (χ4v) is 3.65. The molecule has 0 atom stereocenters. The van der Waals surface area contributed by atoms with Gasteiger partial charge < -0.3 is 9.26 Å². The maximum Gasteiger partial charge on any atom is 0.257 e. The number of rotatable bonds is 6. The maximum absolute atomic E-state index is 5.81. The summed E-state index contributed by atoms with van der Waals surface area (Å²) < 4.78 is 16.6. The average Bonchev–Trinajstić information content (AvgIpc) is 3.43. The SMILES string of the molecule is c1cc(COc2ccc(Cc3noc(-c4ccc5cnsc5c4)n3)cc2)ccn1. The summed E-state index contributed by atoms with van der Waals surface area (Å²) in [6, 6.07) is 17.8. The molecule has 0 unspecified atom stereocenters. The molecule has 7 heteroatoms. The topological polar surface area (TPSA) is 73.9 Å². The van der Waals surface area contributed by atoms with Crippen LogP contribution >= 0.6 is 11.5 Å². The van der Waals surface area contributed by atoms with Crippen molar-refractivity contribution in [1.29, 1.82) is 0 Å². The molecule has 0 bridgehead atoms. The van der Waals surface area contributed by atoms with Crippen molar-refractivity contribution in [2.75, 3.05) is 0 Å². The van der Waals surface area contributed by atoms with Gasteiger partial charge in [-0.1, -0.05) is 23.4 Å². The first-order valence-electron chi connectivity index (χ1n) is 9.11. The molecule has 29 heavy (non-hydrogen) atoms. The van der Waals surface area contributed by atoms with Crippen LogP contribution in [0.25, 0.3) is 21.5 Å². The minimum absolute atomic E-state index is 0.514. The molecular formula is C22H16N4O2S. The lowest BCUT2D eigenvalue weighted by Gasteiger charge is -2.06. The average molecular weight is 400 g/mol. The summed E-state index contributed by atoms with van der Waals surface area (Å²) in [7, 11) is 0. The van der Waals surface area contributed by atoms with Crippen molar-refractivity contribution in [2.24, 2.45) is 0 Å². The van der Waals surface area contributed by atoms with Crippen molar-refractivity contribution >= 4 is 21.6 Å². The van der Waals surface area contributed by atoms with E-state index in [0.29, 0.717) is 24.7 Å². The van der Waals surface area contributed by atoms with Gasteiger partial charge in [-0.15, -0.1) is 0 Å². The Morgan fingerprint density at radius 1 is 0.931 bits per heavy atom. The van der Waals surface area contributed by atoms with E-state index in [2.05, 4.69) is 19.5 Å². The molecule has 0 saturated heterocycles.